The van der Waals surface area contributed by atoms with Crippen molar-refractivity contribution in [2.45, 2.75) is 50.6 Å². The molecule has 3 aliphatic rings. The molecule has 4 aromatic rings. The van der Waals surface area contributed by atoms with E-state index in [2.05, 4.69) is 15.1 Å². The molecule has 3 heterocycles. The summed E-state index contributed by atoms with van der Waals surface area (Å²) in [5.41, 5.74) is 4.47. The molecule has 14 nitrogen and oxygen atoms in total. The Morgan fingerprint density at radius 1 is 0.852 bits per heavy atom. The minimum atomic E-state index is -1.07. The summed E-state index contributed by atoms with van der Waals surface area (Å²) in [5.74, 6) is -1.02. The number of benzene rings is 4. The lowest BCUT2D eigenvalue weighted by molar-refractivity contribution is -0.384. The van der Waals surface area contributed by atoms with E-state index in [1.165, 1.54) is 12.1 Å². The lowest BCUT2D eigenvalue weighted by Gasteiger charge is -2.41. The van der Waals surface area contributed by atoms with Crippen LogP contribution >= 0.6 is 0 Å². The van der Waals surface area contributed by atoms with Gasteiger partial charge >= 0.3 is 6.09 Å². The second kappa shape index (κ2) is 16.6. The summed E-state index contributed by atoms with van der Waals surface area (Å²) < 4.78 is 18.4. The fourth-order valence-corrected chi connectivity index (χ4v) is 7.03. The first-order chi connectivity index (χ1) is 26.2. The van der Waals surface area contributed by atoms with Crippen LogP contribution in [0.3, 0.4) is 0 Å². The van der Waals surface area contributed by atoms with Gasteiger partial charge in [-0.15, -0.1) is 0 Å². The van der Waals surface area contributed by atoms with Crippen LogP contribution in [-0.4, -0.2) is 77.7 Å². The molecule has 3 fully saturated rings. The van der Waals surface area contributed by atoms with Crippen LogP contribution in [0, 0.1) is 10.1 Å². The molecule has 3 amide bonds. The number of imide groups is 1. The topological polar surface area (TPSA) is 164 Å². The van der Waals surface area contributed by atoms with Crippen LogP contribution in [0.15, 0.2) is 103 Å². The normalized spacial score (nSPS) is 21.9. The van der Waals surface area contributed by atoms with E-state index in [1.807, 2.05) is 60.7 Å². The van der Waals surface area contributed by atoms with Crippen molar-refractivity contribution in [1.29, 1.82) is 0 Å². The van der Waals surface area contributed by atoms with Crippen LogP contribution in [-0.2, 0) is 37.0 Å². The minimum Gasteiger partial charge on any atom is -0.445 e. The Kier molecular flexibility index (Phi) is 11.2. The van der Waals surface area contributed by atoms with E-state index in [0.29, 0.717) is 24.2 Å². The second-order valence-corrected chi connectivity index (χ2v) is 13.5. The number of ether oxygens (including phenoxy) is 3. The van der Waals surface area contributed by atoms with Gasteiger partial charge in [-0.3, -0.25) is 24.6 Å². The number of amides is 3. The van der Waals surface area contributed by atoms with E-state index >= 15 is 0 Å². The van der Waals surface area contributed by atoms with Gasteiger partial charge in [0.2, 0.25) is 5.91 Å². The van der Waals surface area contributed by atoms with Crippen molar-refractivity contribution < 1.29 is 38.6 Å². The van der Waals surface area contributed by atoms with Crippen LogP contribution < -0.4 is 15.1 Å². The molecule has 0 radical (unpaired) electrons. The lowest BCUT2D eigenvalue weighted by Crippen LogP contribution is -2.49. The Morgan fingerprint density at radius 3 is 2.30 bits per heavy atom. The van der Waals surface area contributed by atoms with Crippen molar-refractivity contribution in [3.63, 3.8) is 0 Å². The highest BCUT2D eigenvalue weighted by Gasteiger charge is 2.41. The van der Waals surface area contributed by atoms with Gasteiger partial charge in [0.05, 0.1) is 35.8 Å². The van der Waals surface area contributed by atoms with Crippen LogP contribution in [0.4, 0.5) is 21.9 Å². The molecule has 3 saturated heterocycles. The van der Waals surface area contributed by atoms with Crippen LogP contribution in [0.1, 0.15) is 47.5 Å². The zero-order chi connectivity index (χ0) is 37.6. The van der Waals surface area contributed by atoms with Crippen molar-refractivity contribution in [3.05, 3.63) is 135 Å². The molecule has 1 unspecified atom stereocenters. The molecular weight excluding hydrogens is 694 g/mol. The maximum Gasteiger partial charge on any atom is 0.408 e. The van der Waals surface area contributed by atoms with Crippen molar-refractivity contribution in [2.24, 2.45) is 0 Å². The molecule has 54 heavy (non-hydrogen) atoms. The first-order valence-electron chi connectivity index (χ1n) is 17.9. The average molecular weight is 736 g/mol. The summed E-state index contributed by atoms with van der Waals surface area (Å²) in [6, 6.07) is 29.2. The predicted octanol–water partition coefficient (Wildman–Crippen LogP) is 5.01. The van der Waals surface area contributed by atoms with Crippen molar-refractivity contribution in [2.75, 3.05) is 42.5 Å². The van der Waals surface area contributed by atoms with Gasteiger partial charge in [-0.25, -0.2) is 9.69 Å². The Bertz CT molecular complexity index is 1950. The van der Waals surface area contributed by atoms with E-state index in [9.17, 15) is 29.6 Å². The second-order valence-electron chi connectivity index (χ2n) is 13.5. The van der Waals surface area contributed by atoms with Crippen molar-refractivity contribution in [3.8, 4) is 0 Å². The molecule has 7 rings (SSSR count). The summed E-state index contributed by atoms with van der Waals surface area (Å²) in [4.78, 5) is 55.4. The van der Waals surface area contributed by atoms with Crippen molar-refractivity contribution in [1.82, 2.24) is 10.2 Å². The summed E-state index contributed by atoms with van der Waals surface area (Å²) in [7, 11) is 0. The predicted molar refractivity (Wildman–Crippen MR) is 197 cm³/mol. The molecule has 0 saturated carbocycles. The van der Waals surface area contributed by atoms with Gasteiger partial charge in [-0.2, -0.15) is 0 Å². The number of nitro benzene ring substituents is 1. The molecule has 4 atom stereocenters. The third-order valence-corrected chi connectivity index (χ3v) is 9.93. The quantitative estimate of drug-likeness (QED) is 0.121. The van der Waals surface area contributed by atoms with Gasteiger partial charge in [0, 0.05) is 62.5 Å². The number of hydrogen-bond donors (Lipinski definition) is 2. The molecule has 0 bridgehead atoms. The van der Waals surface area contributed by atoms with Gasteiger partial charge in [-0.05, 0) is 41.0 Å². The Labute approximate surface area is 312 Å². The van der Waals surface area contributed by atoms with E-state index in [1.54, 1.807) is 30.3 Å². The molecule has 0 aromatic heterocycles. The van der Waals surface area contributed by atoms with Gasteiger partial charge in [0.1, 0.15) is 12.6 Å². The van der Waals surface area contributed by atoms with Crippen LogP contribution in [0.2, 0.25) is 0 Å². The number of piperazine rings is 1. The number of non-ortho nitro benzene ring substituents is 1. The molecule has 280 valence electrons. The fourth-order valence-electron chi connectivity index (χ4n) is 7.03. The van der Waals surface area contributed by atoms with Gasteiger partial charge < -0.3 is 29.5 Å². The first kappa shape index (κ1) is 36.7. The molecule has 0 spiro atoms. The number of carbonyl (C=O) groups excluding carboxylic acids is 3. The maximum atomic E-state index is 13.5. The number of nitro groups is 1. The summed E-state index contributed by atoms with van der Waals surface area (Å²) in [5, 5.41) is 23.2. The van der Waals surface area contributed by atoms with Gasteiger partial charge in [-0.1, -0.05) is 66.7 Å². The molecule has 0 aliphatic carbocycles. The van der Waals surface area contributed by atoms with Crippen LogP contribution in [0.5, 0.6) is 0 Å². The number of carbonyl (C=O) groups is 3. The Morgan fingerprint density at radius 2 is 1.59 bits per heavy atom. The summed E-state index contributed by atoms with van der Waals surface area (Å²) >= 11 is 0. The zero-order valence-electron chi connectivity index (χ0n) is 29.5. The first-order valence-corrected chi connectivity index (χ1v) is 17.9. The fraction of sp³-hybridized carbons (Fsp3) is 0.325. The van der Waals surface area contributed by atoms with Crippen LogP contribution in [0.25, 0.3) is 0 Å². The monoisotopic (exact) mass is 735 g/mol. The SMILES string of the molecule is O=C(NC1CC(=O)N(c2cccc([C@H]3O[C@@H](CN4CCN(c5ccc([N+](=O)[O-])cc5)CC4)C[C@@H](c4ccc(CO)cc4)O3)c2)C1=O)OCc1ccccc1. The van der Waals surface area contributed by atoms with Crippen molar-refractivity contribution >= 4 is 35.0 Å². The number of anilines is 2. The maximum absolute atomic E-state index is 13.5. The summed E-state index contributed by atoms with van der Waals surface area (Å²) in [6.45, 7) is 3.62. The van der Waals surface area contributed by atoms with E-state index in [4.69, 9.17) is 14.2 Å². The highest BCUT2D eigenvalue weighted by Crippen LogP contribution is 2.39. The number of aliphatic hydroxyl groups is 1. The Balaban J connectivity index is 1.03. The number of hydrogen-bond acceptors (Lipinski definition) is 11. The highest BCUT2D eigenvalue weighted by atomic mass is 16.7. The standard InChI is InChI=1S/C40H41N5O9/c46-25-27-9-11-29(12-10-27)36-22-34(24-42-17-19-43(20-18-42)31-13-15-32(16-14-31)45(50)51)53-39(54-36)30-7-4-8-33(21-30)44-37(47)23-35(38(44)48)41-40(49)52-26-28-5-2-1-3-6-28/h1-16,21,34-36,39,46H,17-20,22-26H2,(H,41,49)/t34-,35?,36+,39+/m1/s1. The average Bonchev–Trinajstić information content (AvgIpc) is 3.48. The summed E-state index contributed by atoms with van der Waals surface area (Å²) in [6.07, 6.45) is -1.80. The third-order valence-electron chi connectivity index (χ3n) is 9.93. The van der Waals surface area contributed by atoms with Gasteiger partial charge in [0.25, 0.3) is 11.6 Å². The molecule has 3 aliphatic heterocycles. The van der Waals surface area contributed by atoms with Gasteiger partial charge in [0.15, 0.2) is 6.29 Å². The highest BCUT2D eigenvalue weighted by molar-refractivity contribution is 6.22. The molecular formula is C40H41N5O9. The van der Waals surface area contributed by atoms with E-state index < -0.39 is 35.2 Å². The minimum absolute atomic E-state index is 0.0284. The smallest absolute Gasteiger partial charge is 0.408 e. The lowest BCUT2D eigenvalue weighted by atomic mass is 9.99. The number of rotatable bonds is 11. The number of nitrogens with zero attached hydrogens (tertiary/aromatic N) is 4. The zero-order valence-corrected chi connectivity index (χ0v) is 29.5. The van der Waals surface area contributed by atoms with E-state index in [0.717, 1.165) is 53.5 Å². The van der Waals surface area contributed by atoms with E-state index in [-0.39, 0.29) is 37.5 Å². The molecule has 2 N–H and O–H groups in total. The number of nitrogens with one attached hydrogen (secondary N) is 1. The number of alkyl carbamates (subject to hydrolysis) is 1. The largest absolute Gasteiger partial charge is 0.445 e. The number of aliphatic hydroxyl groups excluding tert-OH is 1. The third kappa shape index (κ3) is 8.58. The Hall–Kier alpha value is -5.67. The molecule has 14 heteroatoms. The molecule has 4 aromatic carbocycles.